The summed E-state index contributed by atoms with van der Waals surface area (Å²) in [5.41, 5.74) is 5.75. The Morgan fingerprint density at radius 2 is 2.05 bits per heavy atom. The third-order valence-electron chi connectivity index (χ3n) is 2.98. The highest BCUT2D eigenvalue weighted by molar-refractivity contribution is 5.83. The lowest BCUT2D eigenvalue weighted by Crippen LogP contribution is -2.48. The standard InChI is InChI=1S/C15H18N2O2/c1-3-19-14(18)15(2,16)9-13-8-11-6-4-5-7-12(11)10-17-13/h4-8,10H,3,9,16H2,1-2H3. The predicted molar refractivity (Wildman–Crippen MR) is 74.7 cm³/mol. The van der Waals surface area contributed by atoms with E-state index in [1.807, 2.05) is 30.3 Å². The Kier molecular flexibility index (Phi) is 3.81. The molecule has 4 nitrogen and oxygen atoms in total. The number of carbonyl (C=O) groups excluding carboxylic acids is 1. The van der Waals surface area contributed by atoms with E-state index in [0.717, 1.165) is 16.5 Å². The topological polar surface area (TPSA) is 65.2 Å². The van der Waals surface area contributed by atoms with Crippen LogP contribution in [0.15, 0.2) is 36.5 Å². The van der Waals surface area contributed by atoms with Gasteiger partial charge in [0.2, 0.25) is 0 Å². The van der Waals surface area contributed by atoms with E-state index in [1.165, 1.54) is 0 Å². The maximum atomic E-state index is 11.8. The van der Waals surface area contributed by atoms with Gasteiger partial charge in [-0.1, -0.05) is 24.3 Å². The van der Waals surface area contributed by atoms with Gasteiger partial charge in [-0.25, -0.2) is 0 Å². The Labute approximate surface area is 112 Å². The molecule has 19 heavy (non-hydrogen) atoms. The molecule has 2 rings (SSSR count). The van der Waals surface area contributed by atoms with Crippen LogP contribution >= 0.6 is 0 Å². The van der Waals surface area contributed by atoms with E-state index < -0.39 is 11.5 Å². The van der Waals surface area contributed by atoms with E-state index in [1.54, 1.807) is 20.0 Å². The summed E-state index contributed by atoms with van der Waals surface area (Å²) in [4.78, 5) is 16.1. The molecular formula is C15H18N2O2. The zero-order valence-electron chi connectivity index (χ0n) is 11.2. The molecule has 0 fully saturated rings. The number of pyridine rings is 1. The Hall–Kier alpha value is -1.94. The van der Waals surface area contributed by atoms with Crippen molar-refractivity contribution < 1.29 is 9.53 Å². The molecule has 2 aromatic rings. The number of nitrogens with zero attached hydrogens (tertiary/aromatic N) is 1. The summed E-state index contributed by atoms with van der Waals surface area (Å²) >= 11 is 0. The van der Waals surface area contributed by atoms with Crippen LogP contribution in [0.2, 0.25) is 0 Å². The normalized spacial score (nSPS) is 14.1. The van der Waals surface area contributed by atoms with E-state index in [9.17, 15) is 4.79 Å². The molecule has 1 aromatic heterocycles. The van der Waals surface area contributed by atoms with Gasteiger partial charge in [0.1, 0.15) is 5.54 Å². The minimum absolute atomic E-state index is 0.330. The summed E-state index contributed by atoms with van der Waals surface area (Å²) in [5.74, 6) is -0.398. The molecule has 1 heterocycles. The van der Waals surface area contributed by atoms with E-state index >= 15 is 0 Å². The van der Waals surface area contributed by atoms with Gasteiger partial charge in [-0.15, -0.1) is 0 Å². The van der Waals surface area contributed by atoms with Gasteiger partial charge >= 0.3 is 5.97 Å². The van der Waals surface area contributed by atoms with E-state index in [2.05, 4.69) is 4.98 Å². The molecule has 2 N–H and O–H groups in total. The van der Waals surface area contributed by atoms with Gasteiger partial charge in [0, 0.05) is 23.7 Å². The molecule has 4 heteroatoms. The summed E-state index contributed by atoms with van der Waals surface area (Å²) in [6.45, 7) is 3.76. The maximum absolute atomic E-state index is 11.8. The first-order chi connectivity index (χ1) is 9.03. The summed E-state index contributed by atoms with van der Waals surface area (Å²) in [6.07, 6.45) is 2.16. The molecule has 0 bridgehead atoms. The van der Waals surface area contributed by atoms with Crippen molar-refractivity contribution in [3.63, 3.8) is 0 Å². The fourth-order valence-electron chi connectivity index (χ4n) is 1.97. The molecule has 0 saturated carbocycles. The number of nitrogens with two attached hydrogens (primary N) is 1. The summed E-state index contributed by atoms with van der Waals surface area (Å²) < 4.78 is 4.97. The average Bonchev–Trinajstić information content (AvgIpc) is 2.38. The first-order valence-corrected chi connectivity index (χ1v) is 6.32. The van der Waals surface area contributed by atoms with Gasteiger partial charge < -0.3 is 10.5 Å². The fourth-order valence-corrected chi connectivity index (χ4v) is 1.97. The fraction of sp³-hybridized carbons (Fsp3) is 0.333. The molecular weight excluding hydrogens is 240 g/mol. The largest absolute Gasteiger partial charge is 0.465 e. The van der Waals surface area contributed by atoms with E-state index in [0.29, 0.717) is 13.0 Å². The van der Waals surface area contributed by atoms with Crippen LogP contribution in [0.3, 0.4) is 0 Å². The summed E-state index contributed by atoms with van der Waals surface area (Å²) in [6, 6.07) is 9.91. The number of rotatable bonds is 4. The van der Waals surface area contributed by atoms with Crippen molar-refractivity contribution in [3.8, 4) is 0 Å². The Balaban J connectivity index is 2.23. The van der Waals surface area contributed by atoms with Crippen molar-refractivity contribution >= 4 is 16.7 Å². The quantitative estimate of drug-likeness (QED) is 0.852. The zero-order chi connectivity index (χ0) is 13.9. The van der Waals surface area contributed by atoms with Crippen molar-refractivity contribution in [2.75, 3.05) is 6.61 Å². The van der Waals surface area contributed by atoms with Gasteiger partial charge in [-0.05, 0) is 25.3 Å². The van der Waals surface area contributed by atoms with Gasteiger partial charge in [0.25, 0.3) is 0 Å². The van der Waals surface area contributed by atoms with Crippen molar-refractivity contribution in [2.24, 2.45) is 5.73 Å². The van der Waals surface area contributed by atoms with Crippen molar-refractivity contribution in [1.29, 1.82) is 0 Å². The lowest BCUT2D eigenvalue weighted by molar-refractivity contribution is -0.148. The number of hydrogen-bond donors (Lipinski definition) is 1. The molecule has 0 aliphatic carbocycles. The third kappa shape index (κ3) is 3.09. The number of hydrogen-bond acceptors (Lipinski definition) is 4. The highest BCUT2D eigenvalue weighted by atomic mass is 16.5. The van der Waals surface area contributed by atoms with Gasteiger partial charge in [-0.2, -0.15) is 0 Å². The monoisotopic (exact) mass is 258 g/mol. The Morgan fingerprint density at radius 3 is 2.74 bits per heavy atom. The average molecular weight is 258 g/mol. The molecule has 0 radical (unpaired) electrons. The number of benzene rings is 1. The minimum atomic E-state index is -1.05. The van der Waals surface area contributed by atoms with Crippen molar-refractivity contribution in [3.05, 3.63) is 42.2 Å². The Bertz CT molecular complexity index is 593. The van der Waals surface area contributed by atoms with Crippen molar-refractivity contribution in [1.82, 2.24) is 4.98 Å². The number of carbonyl (C=O) groups is 1. The third-order valence-corrected chi connectivity index (χ3v) is 2.98. The summed E-state index contributed by atoms with van der Waals surface area (Å²) in [5, 5.41) is 2.16. The predicted octanol–water partition coefficient (Wildman–Crippen LogP) is 2.06. The van der Waals surface area contributed by atoms with Gasteiger partial charge in [-0.3, -0.25) is 9.78 Å². The van der Waals surface area contributed by atoms with Crippen molar-refractivity contribution in [2.45, 2.75) is 25.8 Å². The van der Waals surface area contributed by atoms with Gasteiger partial charge in [0.15, 0.2) is 0 Å². The first-order valence-electron chi connectivity index (χ1n) is 6.32. The van der Waals surface area contributed by atoms with Crippen LogP contribution in [0.1, 0.15) is 19.5 Å². The molecule has 0 spiro atoms. The molecule has 1 aromatic carbocycles. The van der Waals surface area contributed by atoms with Gasteiger partial charge in [0.05, 0.1) is 6.61 Å². The smallest absolute Gasteiger partial charge is 0.326 e. The highest BCUT2D eigenvalue weighted by Gasteiger charge is 2.30. The molecule has 0 saturated heterocycles. The molecule has 0 aliphatic rings. The molecule has 0 amide bonds. The van der Waals surface area contributed by atoms with E-state index in [-0.39, 0.29) is 0 Å². The van der Waals surface area contributed by atoms with Crippen LogP contribution in [-0.4, -0.2) is 23.1 Å². The highest BCUT2D eigenvalue weighted by Crippen LogP contribution is 2.17. The van der Waals surface area contributed by atoms with Crippen LogP contribution in [0.25, 0.3) is 10.8 Å². The van der Waals surface area contributed by atoms with Crippen LogP contribution < -0.4 is 5.73 Å². The molecule has 1 unspecified atom stereocenters. The minimum Gasteiger partial charge on any atom is -0.465 e. The molecule has 100 valence electrons. The zero-order valence-corrected chi connectivity index (χ0v) is 11.2. The van der Waals surface area contributed by atoms with E-state index in [4.69, 9.17) is 10.5 Å². The number of ether oxygens (including phenoxy) is 1. The Morgan fingerprint density at radius 1 is 1.37 bits per heavy atom. The molecule has 0 aliphatic heterocycles. The molecule has 1 atom stereocenters. The number of fused-ring (bicyclic) bond motifs is 1. The second-order valence-electron chi connectivity index (χ2n) is 4.84. The summed E-state index contributed by atoms with van der Waals surface area (Å²) in [7, 11) is 0. The van der Waals surface area contributed by atoms with Crippen LogP contribution in [-0.2, 0) is 16.0 Å². The second kappa shape index (κ2) is 5.36. The van der Waals surface area contributed by atoms with Crippen LogP contribution in [0, 0.1) is 0 Å². The van der Waals surface area contributed by atoms with Crippen LogP contribution in [0.5, 0.6) is 0 Å². The SMILES string of the molecule is CCOC(=O)C(C)(N)Cc1cc2ccccc2cn1. The second-order valence-corrected chi connectivity index (χ2v) is 4.84. The lowest BCUT2D eigenvalue weighted by Gasteiger charge is -2.21. The number of aromatic nitrogens is 1. The lowest BCUT2D eigenvalue weighted by atomic mass is 9.96. The first kappa shape index (κ1) is 13.5. The maximum Gasteiger partial charge on any atom is 0.326 e. The van der Waals surface area contributed by atoms with Crippen LogP contribution in [0.4, 0.5) is 0 Å². The number of esters is 1.